The summed E-state index contributed by atoms with van der Waals surface area (Å²) in [4.78, 5) is 11.4. The van der Waals surface area contributed by atoms with Gasteiger partial charge in [0.05, 0.1) is 19.1 Å². The molecule has 2 aliphatic rings. The zero-order valence-electron chi connectivity index (χ0n) is 7.31. The number of rotatable bonds is 2. The van der Waals surface area contributed by atoms with E-state index < -0.39 is 0 Å². The molecular weight excluding hydrogens is 170 g/mol. The van der Waals surface area contributed by atoms with Crippen molar-refractivity contribution in [2.24, 2.45) is 11.7 Å². The highest BCUT2D eigenvalue weighted by Gasteiger charge is 2.29. The molecule has 0 saturated carbocycles. The van der Waals surface area contributed by atoms with Crippen LogP contribution < -0.4 is 5.73 Å². The van der Waals surface area contributed by atoms with Gasteiger partial charge in [-0.3, -0.25) is 4.79 Å². The number of ether oxygens (including phenoxy) is 2. The lowest BCUT2D eigenvalue weighted by Crippen LogP contribution is -2.39. The molecule has 0 bridgehead atoms. The number of hydrogen-bond donors (Lipinski definition) is 1. The smallest absolute Gasteiger partial charge is 0.313 e. The molecule has 0 spiro atoms. The first-order valence-corrected chi connectivity index (χ1v) is 4.48. The summed E-state index contributed by atoms with van der Waals surface area (Å²) in [6.45, 7) is 1.07. The number of esters is 1. The highest BCUT2D eigenvalue weighted by molar-refractivity contribution is 5.75. The number of hydrogen-bond acceptors (Lipinski definition) is 4. The summed E-state index contributed by atoms with van der Waals surface area (Å²) in [6.07, 6.45) is 4.32. The van der Waals surface area contributed by atoms with Crippen LogP contribution in [0.3, 0.4) is 0 Å². The second-order valence-electron chi connectivity index (χ2n) is 3.49. The minimum absolute atomic E-state index is 0.00944. The quantitative estimate of drug-likeness (QED) is 0.477. The number of carbonyl (C=O) groups excluding carboxylic acids is 1. The molecule has 2 N–H and O–H groups in total. The Kier molecular flexibility index (Phi) is 2.33. The average Bonchev–Trinajstić information content (AvgIpc) is 2.44. The second kappa shape index (κ2) is 3.47. The van der Waals surface area contributed by atoms with Gasteiger partial charge in [0.15, 0.2) is 0 Å². The summed E-state index contributed by atoms with van der Waals surface area (Å²) in [5.41, 5.74) is 5.62. The van der Waals surface area contributed by atoms with Crippen LogP contribution in [0.2, 0.25) is 0 Å². The fourth-order valence-corrected chi connectivity index (χ4v) is 1.44. The molecule has 13 heavy (non-hydrogen) atoms. The van der Waals surface area contributed by atoms with Gasteiger partial charge in [-0.1, -0.05) is 12.2 Å². The van der Waals surface area contributed by atoms with Crippen molar-refractivity contribution in [3.8, 4) is 0 Å². The van der Waals surface area contributed by atoms with E-state index in [4.69, 9.17) is 15.2 Å². The summed E-state index contributed by atoms with van der Waals surface area (Å²) in [7, 11) is 0. The maximum Gasteiger partial charge on any atom is 0.313 e. The molecule has 2 rings (SSSR count). The van der Waals surface area contributed by atoms with Crippen molar-refractivity contribution in [3.63, 3.8) is 0 Å². The van der Waals surface area contributed by atoms with Crippen molar-refractivity contribution in [2.45, 2.75) is 18.6 Å². The minimum atomic E-state index is -0.169. The van der Waals surface area contributed by atoms with E-state index in [1.54, 1.807) is 0 Å². The van der Waals surface area contributed by atoms with Crippen molar-refractivity contribution >= 4 is 5.97 Å². The highest BCUT2D eigenvalue weighted by Crippen LogP contribution is 2.19. The van der Waals surface area contributed by atoms with Gasteiger partial charge in [0.25, 0.3) is 0 Å². The first-order valence-electron chi connectivity index (χ1n) is 4.48. The van der Waals surface area contributed by atoms with Crippen LogP contribution in [0.5, 0.6) is 0 Å². The Morgan fingerprint density at radius 1 is 1.46 bits per heavy atom. The van der Waals surface area contributed by atoms with Crippen molar-refractivity contribution in [2.75, 3.05) is 13.2 Å². The number of carbonyl (C=O) groups is 1. The Balaban J connectivity index is 1.80. The topological polar surface area (TPSA) is 61.6 Å². The summed E-state index contributed by atoms with van der Waals surface area (Å²) in [5, 5.41) is 0. The maximum atomic E-state index is 11.4. The summed E-state index contributed by atoms with van der Waals surface area (Å²) in [5.74, 6) is -0.312. The van der Waals surface area contributed by atoms with E-state index in [2.05, 4.69) is 0 Å². The van der Waals surface area contributed by atoms with Crippen molar-refractivity contribution in [1.82, 2.24) is 0 Å². The molecule has 72 valence electrons. The van der Waals surface area contributed by atoms with Gasteiger partial charge < -0.3 is 15.2 Å². The van der Waals surface area contributed by atoms with Crippen LogP contribution >= 0.6 is 0 Å². The van der Waals surface area contributed by atoms with Gasteiger partial charge in [-0.25, -0.2) is 0 Å². The van der Waals surface area contributed by atoms with Crippen LogP contribution in [-0.2, 0) is 14.3 Å². The average molecular weight is 183 g/mol. The Labute approximate surface area is 76.7 Å². The zero-order valence-corrected chi connectivity index (χ0v) is 7.31. The van der Waals surface area contributed by atoms with Gasteiger partial charge in [-0.05, 0) is 6.42 Å². The van der Waals surface area contributed by atoms with Crippen LogP contribution in [0.4, 0.5) is 0 Å². The van der Waals surface area contributed by atoms with Crippen molar-refractivity contribution in [3.05, 3.63) is 12.2 Å². The molecule has 4 heteroatoms. The highest BCUT2D eigenvalue weighted by atomic mass is 16.6. The lowest BCUT2D eigenvalue weighted by atomic mass is 10.1. The van der Waals surface area contributed by atoms with Crippen molar-refractivity contribution in [1.29, 1.82) is 0 Å². The summed E-state index contributed by atoms with van der Waals surface area (Å²) >= 11 is 0. The molecule has 0 aromatic rings. The minimum Gasteiger partial charge on any atom is -0.457 e. The van der Waals surface area contributed by atoms with E-state index in [0.717, 1.165) is 0 Å². The Morgan fingerprint density at radius 3 is 2.69 bits per heavy atom. The van der Waals surface area contributed by atoms with Crippen molar-refractivity contribution < 1.29 is 14.3 Å². The monoisotopic (exact) mass is 183 g/mol. The summed E-state index contributed by atoms with van der Waals surface area (Å²) in [6, 6.07) is 0.00944. The van der Waals surface area contributed by atoms with Gasteiger partial charge in [-0.2, -0.15) is 0 Å². The second-order valence-corrected chi connectivity index (χ2v) is 3.49. The first kappa shape index (κ1) is 8.72. The third kappa shape index (κ3) is 1.89. The van der Waals surface area contributed by atoms with E-state index in [9.17, 15) is 4.79 Å². The zero-order chi connectivity index (χ0) is 9.26. The van der Waals surface area contributed by atoms with E-state index in [1.807, 2.05) is 12.2 Å². The molecule has 1 heterocycles. The molecule has 1 fully saturated rings. The lowest BCUT2D eigenvalue weighted by Gasteiger charge is -2.26. The standard InChI is InChI=1S/C9H13NO3/c10-7-2-1-6(3-7)9(11)13-8-4-12-5-8/h1-2,6-8H,3-5,10H2. The summed E-state index contributed by atoms with van der Waals surface area (Å²) < 4.78 is 10.0. The predicted octanol–water partition coefficient (Wildman–Crippen LogP) is -0.168. The number of nitrogens with two attached hydrogens (primary N) is 1. The third-order valence-electron chi connectivity index (χ3n) is 2.31. The van der Waals surface area contributed by atoms with E-state index in [1.165, 1.54) is 0 Å². The Morgan fingerprint density at radius 2 is 2.23 bits per heavy atom. The van der Waals surface area contributed by atoms with Gasteiger partial charge in [0.1, 0.15) is 6.10 Å². The van der Waals surface area contributed by atoms with Gasteiger partial charge in [0.2, 0.25) is 0 Å². The molecule has 1 aliphatic heterocycles. The lowest BCUT2D eigenvalue weighted by molar-refractivity contribution is -0.175. The largest absolute Gasteiger partial charge is 0.457 e. The fourth-order valence-electron chi connectivity index (χ4n) is 1.44. The third-order valence-corrected chi connectivity index (χ3v) is 2.31. The molecule has 0 aromatic heterocycles. The van der Waals surface area contributed by atoms with E-state index in [0.29, 0.717) is 19.6 Å². The van der Waals surface area contributed by atoms with Crippen LogP contribution in [-0.4, -0.2) is 31.3 Å². The maximum absolute atomic E-state index is 11.4. The molecule has 2 unspecified atom stereocenters. The van der Waals surface area contributed by atoms with E-state index >= 15 is 0 Å². The van der Waals surface area contributed by atoms with Crippen LogP contribution in [0.25, 0.3) is 0 Å². The Bertz CT molecular complexity index is 235. The molecule has 0 aromatic carbocycles. The van der Waals surface area contributed by atoms with E-state index in [-0.39, 0.29) is 24.0 Å². The molecule has 0 radical (unpaired) electrons. The first-order chi connectivity index (χ1) is 6.25. The molecule has 1 aliphatic carbocycles. The normalized spacial score (nSPS) is 33.0. The van der Waals surface area contributed by atoms with Gasteiger partial charge >= 0.3 is 5.97 Å². The van der Waals surface area contributed by atoms with Crippen LogP contribution in [0, 0.1) is 5.92 Å². The molecule has 1 saturated heterocycles. The van der Waals surface area contributed by atoms with Crippen LogP contribution in [0.15, 0.2) is 12.2 Å². The molecule has 2 atom stereocenters. The SMILES string of the molecule is NC1C=CC(C(=O)OC2COC2)C1. The fraction of sp³-hybridized carbons (Fsp3) is 0.667. The van der Waals surface area contributed by atoms with Gasteiger partial charge in [0, 0.05) is 6.04 Å². The molecule has 0 amide bonds. The molecular formula is C9H13NO3. The van der Waals surface area contributed by atoms with Gasteiger partial charge in [-0.15, -0.1) is 0 Å². The van der Waals surface area contributed by atoms with Crippen LogP contribution in [0.1, 0.15) is 6.42 Å². The molecule has 4 nitrogen and oxygen atoms in total. The predicted molar refractivity (Wildman–Crippen MR) is 45.9 cm³/mol. The Hall–Kier alpha value is -0.870.